The van der Waals surface area contributed by atoms with Gasteiger partial charge in [-0.2, -0.15) is 8.78 Å². The maximum absolute atomic E-state index is 12.0. The van der Waals surface area contributed by atoms with Crippen molar-refractivity contribution in [1.82, 2.24) is 20.1 Å². The van der Waals surface area contributed by atoms with Crippen molar-refractivity contribution in [1.29, 1.82) is 0 Å². The predicted octanol–water partition coefficient (Wildman–Crippen LogP) is 0.667. The van der Waals surface area contributed by atoms with Crippen molar-refractivity contribution < 1.29 is 13.6 Å². The monoisotopic (exact) mass is 230 g/mol. The lowest BCUT2D eigenvalue weighted by molar-refractivity contribution is -0.132. The maximum atomic E-state index is 12.0. The molecule has 0 bridgehead atoms. The van der Waals surface area contributed by atoms with Gasteiger partial charge >= 0.3 is 6.43 Å². The topological polar surface area (TPSA) is 59.8 Å². The average Bonchev–Trinajstić information content (AvgIpc) is 2.77. The molecule has 0 fully saturated rings. The molecule has 1 aromatic rings. The molecule has 2 rings (SSSR count). The summed E-state index contributed by atoms with van der Waals surface area (Å²) in [5, 5.41) is 10.0. The highest BCUT2D eigenvalue weighted by atomic mass is 19.3. The third-order valence-corrected chi connectivity index (χ3v) is 2.58. The molecule has 1 aromatic heterocycles. The Kier molecular flexibility index (Phi) is 2.84. The van der Waals surface area contributed by atoms with E-state index in [0.29, 0.717) is 5.82 Å². The van der Waals surface area contributed by atoms with Crippen molar-refractivity contribution in [2.24, 2.45) is 0 Å². The fourth-order valence-corrected chi connectivity index (χ4v) is 1.83. The van der Waals surface area contributed by atoms with Crippen LogP contribution in [0.5, 0.6) is 0 Å². The van der Waals surface area contributed by atoms with Gasteiger partial charge in [0, 0.05) is 13.0 Å². The fraction of sp³-hybridized carbons (Fsp3) is 0.667. The molecule has 7 heteroatoms. The van der Waals surface area contributed by atoms with Crippen LogP contribution in [0.15, 0.2) is 0 Å². The van der Waals surface area contributed by atoms with Gasteiger partial charge in [0.25, 0.3) is 5.91 Å². The quantitative estimate of drug-likeness (QED) is 0.830. The van der Waals surface area contributed by atoms with Gasteiger partial charge < -0.3 is 9.88 Å². The summed E-state index contributed by atoms with van der Waals surface area (Å²) in [4.78, 5) is 10.8. The van der Waals surface area contributed by atoms with Crippen molar-refractivity contribution in [2.45, 2.75) is 38.8 Å². The molecular weight excluding hydrogens is 218 g/mol. The van der Waals surface area contributed by atoms with E-state index in [1.807, 2.05) is 4.57 Å². The fourth-order valence-electron chi connectivity index (χ4n) is 1.83. The highest BCUT2D eigenvalue weighted by Crippen LogP contribution is 2.18. The van der Waals surface area contributed by atoms with Crippen LogP contribution in [0.1, 0.15) is 31.0 Å². The Balaban J connectivity index is 2.09. The number of carbonyl (C=O) groups is 1. The molecular formula is C9H12F2N4O. The van der Waals surface area contributed by atoms with Gasteiger partial charge in [0.1, 0.15) is 5.82 Å². The first-order valence-corrected chi connectivity index (χ1v) is 5.10. The molecule has 16 heavy (non-hydrogen) atoms. The van der Waals surface area contributed by atoms with Crippen molar-refractivity contribution >= 4 is 5.91 Å². The Hall–Kier alpha value is -1.53. The molecule has 1 aliphatic rings. The first-order valence-electron chi connectivity index (χ1n) is 5.10. The number of halogens is 2. The average molecular weight is 230 g/mol. The third-order valence-electron chi connectivity index (χ3n) is 2.58. The summed E-state index contributed by atoms with van der Waals surface area (Å²) in [6.45, 7) is 2.41. The molecule has 0 saturated carbocycles. The molecule has 1 unspecified atom stereocenters. The minimum Gasteiger partial charge on any atom is -0.341 e. The number of rotatable bonds is 3. The number of nitrogens with one attached hydrogen (secondary N) is 1. The molecule has 0 saturated heterocycles. The maximum Gasteiger partial charge on any atom is 0.315 e. The van der Waals surface area contributed by atoms with E-state index >= 15 is 0 Å². The molecule has 2 heterocycles. The highest BCUT2D eigenvalue weighted by Gasteiger charge is 2.24. The van der Waals surface area contributed by atoms with Gasteiger partial charge in [-0.3, -0.25) is 4.79 Å². The Morgan fingerprint density at radius 1 is 1.50 bits per heavy atom. The Morgan fingerprint density at radius 3 is 2.94 bits per heavy atom. The molecule has 1 aliphatic heterocycles. The van der Waals surface area contributed by atoms with E-state index in [1.165, 1.54) is 0 Å². The van der Waals surface area contributed by atoms with E-state index in [4.69, 9.17) is 0 Å². The first-order chi connectivity index (χ1) is 7.59. The van der Waals surface area contributed by atoms with Crippen LogP contribution in [0.2, 0.25) is 0 Å². The second-order valence-corrected chi connectivity index (χ2v) is 3.76. The summed E-state index contributed by atoms with van der Waals surface area (Å²) in [6, 6.07) is -0.541. The Bertz CT molecular complexity index is 404. The number of fused-ring (bicyclic) bond motifs is 1. The van der Waals surface area contributed by atoms with Crippen LogP contribution in [0, 0.1) is 0 Å². The van der Waals surface area contributed by atoms with E-state index in [-0.39, 0.29) is 0 Å². The van der Waals surface area contributed by atoms with Gasteiger partial charge in [-0.15, -0.1) is 10.2 Å². The van der Waals surface area contributed by atoms with Gasteiger partial charge in [-0.1, -0.05) is 0 Å². The van der Waals surface area contributed by atoms with Gasteiger partial charge in [0.15, 0.2) is 5.82 Å². The third kappa shape index (κ3) is 1.89. The van der Waals surface area contributed by atoms with Gasteiger partial charge in [-0.05, 0) is 13.3 Å². The molecule has 0 aromatic carbocycles. The summed E-state index contributed by atoms with van der Waals surface area (Å²) in [5.41, 5.74) is 0. The lowest BCUT2D eigenvalue weighted by Gasteiger charge is -2.13. The number of nitrogens with zero attached hydrogens (tertiary/aromatic N) is 3. The lowest BCUT2D eigenvalue weighted by atomic mass is 10.3. The molecule has 0 radical (unpaired) electrons. The number of aryl methyl sites for hydroxylation is 1. The van der Waals surface area contributed by atoms with E-state index in [2.05, 4.69) is 15.5 Å². The zero-order chi connectivity index (χ0) is 11.7. The van der Waals surface area contributed by atoms with Gasteiger partial charge in [-0.25, -0.2) is 0 Å². The first kappa shape index (κ1) is 11.0. The van der Waals surface area contributed by atoms with Gasteiger partial charge in [0.2, 0.25) is 0 Å². The predicted molar refractivity (Wildman–Crippen MR) is 50.9 cm³/mol. The number of aromatic nitrogens is 3. The zero-order valence-corrected chi connectivity index (χ0v) is 8.78. The lowest BCUT2D eigenvalue weighted by Crippen LogP contribution is -2.33. The molecule has 1 atom stereocenters. The van der Waals surface area contributed by atoms with Crippen molar-refractivity contribution in [3.05, 3.63) is 11.6 Å². The minimum absolute atomic E-state index is 0.541. The Morgan fingerprint density at radius 2 is 2.25 bits per heavy atom. The molecule has 0 aliphatic carbocycles. The van der Waals surface area contributed by atoms with Gasteiger partial charge in [0.05, 0.1) is 6.04 Å². The summed E-state index contributed by atoms with van der Waals surface area (Å²) >= 11 is 0. The van der Waals surface area contributed by atoms with Crippen molar-refractivity contribution in [3.8, 4) is 0 Å². The van der Waals surface area contributed by atoms with Crippen LogP contribution in [-0.2, 0) is 17.8 Å². The summed E-state index contributed by atoms with van der Waals surface area (Å²) in [7, 11) is 0. The summed E-state index contributed by atoms with van der Waals surface area (Å²) in [5.74, 6) is 0.123. The number of alkyl halides is 2. The van der Waals surface area contributed by atoms with Crippen LogP contribution < -0.4 is 5.32 Å². The normalized spacial score (nSPS) is 16.2. The second-order valence-electron chi connectivity index (χ2n) is 3.76. The van der Waals surface area contributed by atoms with Crippen LogP contribution in [-0.4, -0.2) is 27.1 Å². The summed E-state index contributed by atoms with van der Waals surface area (Å²) < 4.78 is 26.0. The molecule has 1 amide bonds. The van der Waals surface area contributed by atoms with Crippen LogP contribution in [0.4, 0.5) is 8.78 Å². The number of hydrogen-bond donors (Lipinski definition) is 1. The second kappa shape index (κ2) is 4.15. The number of carbonyl (C=O) groups excluding carboxylic acids is 1. The van der Waals surface area contributed by atoms with E-state index in [9.17, 15) is 13.6 Å². The molecule has 88 valence electrons. The van der Waals surface area contributed by atoms with E-state index < -0.39 is 18.4 Å². The van der Waals surface area contributed by atoms with Crippen molar-refractivity contribution in [3.63, 3.8) is 0 Å². The SMILES string of the molecule is CC(NC(=O)C(F)F)c1nnc2n1CCC2. The smallest absolute Gasteiger partial charge is 0.315 e. The van der Waals surface area contributed by atoms with E-state index in [1.54, 1.807) is 6.92 Å². The molecule has 0 spiro atoms. The Labute approximate surface area is 90.8 Å². The van der Waals surface area contributed by atoms with Crippen molar-refractivity contribution in [2.75, 3.05) is 0 Å². The van der Waals surface area contributed by atoms with E-state index in [0.717, 1.165) is 25.2 Å². The highest BCUT2D eigenvalue weighted by molar-refractivity contribution is 5.79. The number of hydrogen-bond acceptors (Lipinski definition) is 3. The minimum atomic E-state index is -3.00. The largest absolute Gasteiger partial charge is 0.341 e. The zero-order valence-electron chi connectivity index (χ0n) is 8.78. The molecule has 5 nitrogen and oxygen atoms in total. The standard InChI is InChI=1S/C9H12F2N4O/c1-5(12-9(16)7(10)11)8-14-13-6-3-2-4-15(6)8/h5,7H,2-4H2,1H3,(H,12,16). The molecule has 1 N–H and O–H groups in total. The number of amides is 1. The van der Waals surface area contributed by atoms with Crippen LogP contribution in [0.3, 0.4) is 0 Å². The summed E-state index contributed by atoms with van der Waals surface area (Å²) in [6.07, 6.45) is -1.17. The van der Waals surface area contributed by atoms with Crippen LogP contribution >= 0.6 is 0 Å². The van der Waals surface area contributed by atoms with Crippen LogP contribution in [0.25, 0.3) is 0 Å².